The SMILES string of the molecule is C1=C(N(c2ccccc2)c2ccccc2)C=C2C3B(c4cc5c(cc4N2c2ccccc2)N(c2ccccc2)c2cc(N(c4ccccc4)c4ccccc4)cc4c2B5c2ccccc2N4c2ccccc2-n2c4ccccc4c4ccccc42)c2ccccc2N(c2ccccc2-n2c4ccccc4c4ccccc42)C13. The van der Waals surface area contributed by atoms with Gasteiger partial charge in [0.1, 0.15) is 0 Å². The number of allylic oxidation sites excluding steroid dienone is 1. The second-order valence-corrected chi connectivity index (χ2v) is 29.9. The Morgan fingerprint density at radius 3 is 1.15 bits per heavy atom. The highest BCUT2D eigenvalue weighted by molar-refractivity contribution is 7.01. The van der Waals surface area contributed by atoms with Crippen LogP contribution in [0.25, 0.3) is 55.0 Å². The molecule has 10 heteroatoms. The minimum atomic E-state index is -0.253. The number of hydrogen-bond donors (Lipinski definition) is 0. The second kappa shape index (κ2) is 25.6. The van der Waals surface area contributed by atoms with Crippen LogP contribution in [0.4, 0.5) is 85.3 Å². The normalized spacial score (nSPS) is 15.0. The van der Waals surface area contributed by atoms with Gasteiger partial charge in [-0.2, -0.15) is 0 Å². The van der Waals surface area contributed by atoms with Crippen LogP contribution >= 0.6 is 0 Å². The van der Waals surface area contributed by atoms with Gasteiger partial charge in [-0.25, -0.2) is 0 Å². The van der Waals surface area contributed by atoms with Crippen molar-refractivity contribution in [3.8, 4) is 11.4 Å². The minimum absolute atomic E-state index is 0.142. The molecule has 2 aromatic heterocycles. The van der Waals surface area contributed by atoms with Gasteiger partial charge >= 0.3 is 0 Å². The summed E-state index contributed by atoms with van der Waals surface area (Å²) in [6.45, 7) is -0.389. The molecule has 23 rings (SSSR count). The van der Waals surface area contributed by atoms with Gasteiger partial charge in [0.05, 0.1) is 56.5 Å². The van der Waals surface area contributed by atoms with Gasteiger partial charge in [-0.15, -0.1) is 0 Å². The van der Waals surface area contributed by atoms with Crippen molar-refractivity contribution in [1.29, 1.82) is 0 Å². The van der Waals surface area contributed by atoms with Crippen molar-refractivity contribution < 1.29 is 0 Å². The van der Waals surface area contributed by atoms with E-state index in [2.05, 4.69) is 451 Å². The van der Waals surface area contributed by atoms with E-state index in [0.717, 1.165) is 108 Å². The smallest absolute Gasteiger partial charge is 0.252 e. The predicted molar refractivity (Wildman–Crippen MR) is 471 cm³/mol. The van der Waals surface area contributed by atoms with Crippen molar-refractivity contribution >= 4 is 170 Å². The zero-order chi connectivity index (χ0) is 73.5. The third-order valence-electron chi connectivity index (χ3n) is 24.0. The van der Waals surface area contributed by atoms with E-state index in [1.165, 1.54) is 71.3 Å². The number of anilines is 15. The Labute approximate surface area is 651 Å². The number of hydrogen-bond acceptors (Lipinski definition) is 6. The number of nitrogens with zero attached hydrogens (tertiary/aromatic N) is 8. The molecule has 0 bridgehead atoms. The molecule has 0 saturated carbocycles. The fourth-order valence-corrected chi connectivity index (χ4v) is 19.6. The number of benzene rings is 16. The molecule has 4 aliphatic heterocycles. The van der Waals surface area contributed by atoms with E-state index in [-0.39, 0.29) is 25.3 Å². The van der Waals surface area contributed by atoms with Gasteiger partial charge in [-0.3, -0.25) is 0 Å². The highest BCUT2D eigenvalue weighted by Gasteiger charge is 2.55. The summed E-state index contributed by atoms with van der Waals surface area (Å²) in [5, 5.41) is 4.89. The highest BCUT2D eigenvalue weighted by Crippen LogP contribution is 2.56. The Bertz CT molecular complexity index is 6660. The van der Waals surface area contributed by atoms with Crippen molar-refractivity contribution in [3.05, 3.63) is 424 Å². The summed E-state index contributed by atoms with van der Waals surface area (Å²) in [4.78, 5) is 15.5. The van der Waals surface area contributed by atoms with Gasteiger partial charge in [0.2, 0.25) is 6.71 Å². The lowest BCUT2D eigenvalue weighted by Crippen LogP contribution is -2.66. The van der Waals surface area contributed by atoms with Gasteiger partial charge in [-0.05, 0) is 180 Å². The van der Waals surface area contributed by atoms with Crippen molar-refractivity contribution in [3.63, 3.8) is 0 Å². The van der Waals surface area contributed by atoms with Gasteiger partial charge in [0.15, 0.2) is 0 Å². The maximum Gasteiger partial charge on any atom is 0.252 e. The van der Waals surface area contributed by atoms with Crippen molar-refractivity contribution in [2.45, 2.75) is 11.9 Å². The summed E-state index contributed by atoms with van der Waals surface area (Å²) in [6, 6.07) is 149. The maximum absolute atomic E-state index is 2.72. The first kappa shape index (κ1) is 63.6. The van der Waals surface area contributed by atoms with E-state index in [1.54, 1.807) is 0 Å². The fourth-order valence-electron chi connectivity index (χ4n) is 19.6. The minimum Gasteiger partial charge on any atom is -0.333 e. The van der Waals surface area contributed by atoms with Crippen LogP contribution in [0.15, 0.2) is 424 Å². The summed E-state index contributed by atoms with van der Waals surface area (Å²) >= 11 is 0. The standard InChI is InChI=1S/C102H70B2N8/c1-7-35-69(36-8-1)105(70-37-9-2-10-38-70)75-63-97-101-99(65-75)111(93-61-33-31-59-91(93)109-85-53-25-19-47-77(85)78-48-20-26-54-86(78)109)89-57-29-23-51-81(89)103(101)83-67-84-96(68-95(83)107(97)73-43-15-5-16-44-73)108(74-45-17-6-18-46-74)98-64-76(106(71-39-11-3-12-40-71)72-41-13-4-14-42-72)66-100-102(98)104(84)82-52-24-30-58-90(82)112(100)94-62-34-32-60-92(94)110-87-55-27-21-49-79(87)80-50-22-28-56-88(80)110/h1-68,99,101H. The number of rotatable bonds is 12. The summed E-state index contributed by atoms with van der Waals surface area (Å²) in [5.74, 6) is -0.142. The third kappa shape index (κ3) is 9.64. The maximum atomic E-state index is 2.72. The molecule has 0 saturated heterocycles. The highest BCUT2D eigenvalue weighted by atomic mass is 15.3. The van der Waals surface area contributed by atoms with E-state index in [4.69, 9.17) is 0 Å². The quantitative estimate of drug-likeness (QED) is 0.113. The fraction of sp³-hybridized carbons (Fsp3) is 0.0196. The van der Waals surface area contributed by atoms with Crippen LogP contribution in [0.1, 0.15) is 0 Å². The Balaban J connectivity index is 0.826. The first-order chi connectivity index (χ1) is 55.7. The molecule has 0 amide bonds. The molecule has 2 unspecified atom stereocenters. The summed E-state index contributed by atoms with van der Waals surface area (Å²) in [6.07, 6.45) is 5.16. The molecule has 2 atom stereocenters. The first-order valence-electron chi connectivity index (χ1n) is 38.9. The predicted octanol–water partition coefficient (Wildman–Crippen LogP) is 22.7. The molecule has 112 heavy (non-hydrogen) atoms. The zero-order valence-electron chi connectivity index (χ0n) is 61.1. The summed E-state index contributed by atoms with van der Waals surface area (Å²) in [7, 11) is 0. The van der Waals surface area contributed by atoms with E-state index in [0.29, 0.717) is 0 Å². The second-order valence-electron chi connectivity index (χ2n) is 29.9. The lowest BCUT2D eigenvalue weighted by Gasteiger charge is -2.54. The van der Waals surface area contributed by atoms with E-state index < -0.39 is 0 Å². The molecular formula is C102H70B2N8. The molecule has 0 N–H and O–H groups in total. The molecule has 6 heterocycles. The largest absolute Gasteiger partial charge is 0.333 e. The summed E-state index contributed by atoms with van der Waals surface area (Å²) in [5.41, 5.74) is 31.8. The van der Waals surface area contributed by atoms with Crippen LogP contribution < -0.4 is 56.7 Å². The number of aromatic nitrogens is 2. The lowest BCUT2D eigenvalue weighted by atomic mass is 9.27. The summed E-state index contributed by atoms with van der Waals surface area (Å²) < 4.78 is 5.01. The Kier molecular flexibility index (Phi) is 14.5. The van der Waals surface area contributed by atoms with Crippen LogP contribution in [0, 0.1) is 0 Å². The van der Waals surface area contributed by atoms with Gasteiger partial charge in [0.25, 0.3) is 6.71 Å². The topological polar surface area (TPSA) is 29.3 Å². The molecule has 5 aliphatic rings. The molecule has 0 fully saturated rings. The average Bonchev–Trinajstić information content (AvgIpc) is 0.759. The van der Waals surface area contributed by atoms with Gasteiger partial charge < -0.3 is 38.5 Å². The van der Waals surface area contributed by atoms with Crippen LogP contribution in [0.2, 0.25) is 5.82 Å². The Morgan fingerprint density at radius 1 is 0.250 bits per heavy atom. The molecule has 1 aliphatic carbocycles. The monoisotopic (exact) mass is 1430 g/mol. The molecule has 524 valence electrons. The average molecular weight is 1430 g/mol. The molecule has 8 nitrogen and oxygen atoms in total. The molecule has 0 radical (unpaired) electrons. The molecule has 16 aromatic carbocycles. The number of fused-ring (bicyclic) bond motifs is 14. The molecular weight excluding hydrogens is 1360 g/mol. The number of para-hydroxylation sites is 16. The van der Waals surface area contributed by atoms with Gasteiger partial charge in [-0.1, -0.05) is 260 Å². The van der Waals surface area contributed by atoms with Crippen molar-refractivity contribution in [2.75, 3.05) is 29.4 Å². The van der Waals surface area contributed by atoms with Crippen LogP contribution in [0.5, 0.6) is 0 Å². The van der Waals surface area contributed by atoms with Crippen molar-refractivity contribution in [1.82, 2.24) is 9.13 Å². The van der Waals surface area contributed by atoms with Gasteiger partial charge in [0, 0.05) is 107 Å². The van der Waals surface area contributed by atoms with E-state index >= 15 is 0 Å². The lowest BCUT2D eigenvalue weighted by molar-refractivity contribution is 0.712. The van der Waals surface area contributed by atoms with Crippen LogP contribution in [-0.2, 0) is 0 Å². The van der Waals surface area contributed by atoms with Crippen molar-refractivity contribution in [2.24, 2.45) is 0 Å². The molecule has 18 aromatic rings. The third-order valence-corrected chi connectivity index (χ3v) is 24.0. The van der Waals surface area contributed by atoms with E-state index in [1.807, 2.05) is 0 Å². The van der Waals surface area contributed by atoms with Crippen LogP contribution in [-0.4, -0.2) is 28.6 Å². The van der Waals surface area contributed by atoms with E-state index in [9.17, 15) is 0 Å². The Hall–Kier alpha value is -14.5. The Morgan fingerprint density at radius 2 is 0.634 bits per heavy atom. The van der Waals surface area contributed by atoms with Crippen LogP contribution in [0.3, 0.4) is 0 Å². The zero-order valence-corrected chi connectivity index (χ0v) is 61.1. The first-order valence-corrected chi connectivity index (χ1v) is 38.9. The molecule has 0 spiro atoms.